The van der Waals surface area contributed by atoms with Crippen molar-refractivity contribution in [2.45, 2.75) is 31.9 Å². The molecule has 0 saturated heterocycles. The molecule has 1 aliphatic heterocycles. The zero-order chi connectivity index (χ0) is 20.9. The Morgan fingerprint density at radius 3 is 2.45 bits per heavy atom. The van der Waals surface area contributed by atoms with Crippen molar-refractivity contribution in [2.24, 2.45) is 0 Å². The number of nitrogens with one attached hydrogen (secondary N) is 2. The number of carboxylic acid groups (broad SMARTS) is 1. The molecule has 8 nitrogen and oxygen atoms in total. The van der Waals surface area contributed by atoms with Gasteiger partial charge in [0.25, 0.3) is 0 Å². The van der Waals surface area contributed by atoms with Gasteiger partial charge in [-0.15, -0.1) is 0 Å². The lowest BCUT2D eigenvalue weighted by Crippen LogP contribution is -2.43. The Morgan fingerprint density at radius 2 is 1.86 bits per heavy atom. The van der Waals surface area contributed by atoms with Crippen LogP contribution in [0.1, 0.15) is 36.9 Å². The van der Waals surface area contributed by atoms with E-state index in [0.717, 1.165) is 0 Å². The maximum absolute atomic E-state index is 12.8. The van der Waals surface area contributed by atoms with Gasteiger partial charge in [0.15, 0.2) is 5.75 Å². The van der Waals surface area contributed by atoms with E-state index in [4.69, 9.17) is 10.1 Å². The molecule has 0 saturated carbocycles. The van der Waals surface area contributed by atoms with Crippen LogP contribution < -0.4 is 10.4 Å². The van der Waals surface area contributed by atoms with E-state index in [0.29, 0.717) is 22.2 Å². The highest BCUT2D eigenvalue weighted by molar-refractivity contribution is 6.08. The van der Waals surface area contributed by atoms with E-state index < -0.39 is 29.7 Å². The number of rotatable bonds is 5. The Balaban J connectivity index is 2.06. The van der Waals surface area contributed by atoms with E-state index in [1.165, 1.54) is 18.4 Å². The summed E-state index contributed by atoms with van der Waals surface area (Å²) in [7, 11) is 0. The Bertz CT molecular complexity index is 1190. The van der Waals surface area contributed by atoms with Gasteiger partial charge in [-0.2, -0.15) is 0 Å². The van der Waals surface area contributed by atoms with Gasteiger partial charge in [0.2, 0.25) is 6.10 Å². The third-order valence-corrected chi connectivity index (χ3v) is 5.21. The molecule has 148 valence electrons. The number of imidazole rings is 1. The van der Waals surface area contributed by atoms with Gasteiger partial charge in [-0.05, 0) is 25.5 Å². The first-order valence-electron chi connectivity index (χ1n) is 9.08. The topological polar surface area (TPSA) is 125 Å². The van der Waals surface area contributed by atoms with Crippen molar-refractivity contribution in [3.63, 3.8) is 0 Å². The minimum atomic E-state index is -1.37. The van der Waals surface area contributed by atoms with E-state index in [1.54, 1.807) is 42.5 Å². The smallest absolute Gasteiger partial charge is 0.347 e. The molecule has 0 aliphatic carbocycles. The molecule has 0 amide bonds. The Labute approximate surface area is 165 Å². The van der Waals surface area contributed by atoms with Crippen molar-refractivity contribution in [3.8, 4) is 5.75 Å². The number of nitrogens with zero attached hydrogens (tertiary/aromatic N) is 1. The molecule has 2 aromatic carbocycles. The fraction of sp³-hybridized carbons (Fsp3) is 0.238. The van der Waals surface area contributed by atoms with Crippen LogP contribution in [0.4, 0.5) is 0 Å². The molecule has 2 heterocycles. The second-order valence-corrected chi connectivity index (χ2v) is 7.14. The van der Waals surface area contributed by atoms with Crippen molar-refractivity contribution >= 4 is 28.5 Å². The van der Waals surface area contributed by atoms with Crippen LogP contribution in [0.25, 0.3) is 11.0 Å². The van der Waals surface area contributed by atoms with Crippen LogP contribution in [-0.2, 0) is 9.59 Å². The van der Waals surface area contributed by atoms with E-state index in [1.807, 2.05) is 0 Å². The van der Waals surface area contributed by atoms with Crippen molar-refractivity contribution < 1.29 is 19.4 Å². The molecule has 0 bridgehead atoms. The summed E-state index contributed by atoms with van der Waals surface area (Å²) >= 11 is 0. The summed E-state index contributed by atoms with van der Waals surface area (Å²) in [5, 5.41) is 17.9. The number of aliphatic carboxylic acids is 1. The highest BCUT2D eigenvalue weighted by atomic mass is 16.5. The van der Waals surface area contributed by atoms with Crippen molar-refractivity contribution in [1.82, 2.24) is 9.55 Å². The molecule has 1 aromatic heterocycles. The lowest BCUT2D eigenvalue weighted by Gasteiger charge is -2.33. The van der Waals surface area contributed by atoms with Crippen LogP contribution >= 0.6 is 0 Å². The van der Waals surface area contributed by atoms with Crippen LogP contribution in [0, 0.1) is 5.41 Å². The summed E-state index contributed by atoms with van der Waals surface area (Å²) < 4.78 is 7.31. The van der Waals surface area contributed by atoms with Crippen molar-refractivity contribution in [1.29, 1.82) is 5.41 Å². The number of aromatic nitrogens is 2. The van der Waals surface area contributed by atoms with Gasteiger partial charge in [0.1, 0.15) is 17.3 Å². The predicted molar refractivity (Wildman–Crippen MR) is 106 cm³/mol. The molecule has 0 fully saturated rings. The maximum atomic E-state index is 12.8. The van der Waals surface area contributed by atoms with Crippen molar-refractivity contribution in [3.05, 3.63) is 64.1 Å². The van der Waals surface area contributed by atoms with Gasteiger partial charge in [-0.25, -0.2) is 9.59 Å². The molecular weight excluding hydrogens is 374 g/mol. The van der Waals surface area contributed by atoms with Crippen LogP contribution in [0.15, 0.2) is 47.3 Å². The average Bonchev–Trinajstić information content (AvgIpc) is 3.01. The van der Waals surface area contributed by atoms with Gasteiger partial charge in [0.05, 0.1) is 11.4 Å². The first-order chi connectivity index (χ1) is 13.8. The number of hydrogen-bond donors (Lipinski definition) is 3. The van der Waals surface area contributed by atoms with Gasteiger partial charge in [-0.1, -0.05) is 36.4 Å². The summed E-state index contributed by atoms with van der Waals surface area (Å²) in [6, 6.07) is 11.2. The normalized spacial score (nSPS) is 18.8. The molecule has 29 heavy (non-hydrogen) atoms. The number of carbonyl (C=O) groups is 2. The van der Waals surface area contributed by atoms with E-state index in [9.17, 15) is 19.5 Å². The predicted octanol–water partition coefficient (Wildman–Crippen LogP) is 2.48. The summed E-state index contributed by atoms with van der Waals surface area (Å²) in [5.41, 5.74) is 1.51. The zero-order valence-electron chi connectivity index (χ0n) is 15.8. The van der Waals surface area contributed by atoms with Crippen LogP contribution in [0.2, 0.25) is 0 Å². The summed E-state index contributed by atoms with van der Waals surface area (Å²) in [6.45, 7) is 2.88. The number of ether oxygens (including phenoxy) is 1. The monoisotopic (exact) mass is 393 g/mol. The van der Waals surface area contributed by atoms with Crippen LogP contribution in [0.5, 0.6) is 5.75 Å². The third kappa shape index (κ3) is 2.84. The molecular formula is C21H19N3O5. The standard InChI is InChI=1S/C21H19N3O5/c1-10(22)15(11(2)25)13-8-9-14-17-18(13)29-19(20(26)27)16(24(17)21(28)23-14)12-6-4-3-5-7-12/h3-9,15-16,19,22H,1-2H3,(H,23,28)(H,26,27). The fourth-order valence-corrected chi connectivity index (χ4v) is 4.06. The van der Waals surface area contributed by atoms with Gasteiger partial charge in [0, 0.05) is 11.3 Å². The molecule has 3 atom stereocenters. The molecule has 0 spiro atoms. The van der Waals surface area contributed by atoms with Gasteiger partial charge < -0.3 is 20.2 Å². The summed E-state index contributed by atoms with van der Waals surface area (Å²) in [4.78, 5) is 39.8. The molecule has 0 radical (unpaired) electrons. The number of carbonyl (C=O) groups excluding carboxylic acids is 1. The van der Waals surface area contributed by atoms with E-state index >= 15 is 0 Å². The highest BCUT2D eigenvalue weighted by Gasteiger charge is 2.41. The van der Waals surface area contributed by atoms with Crippen molar-refractivity contribution in [2.75, 3.05) is 0 Å². The summed E-state index contributed by atoms with van der Waals surface area (Å²) in [5.74, 6) is -2.23. The van der Waals surface area contributed by atoms with E-state index in [-0.39, 0.29) is 17.2 Å². The number of Topliss-reactive ketones (excluding diaryl/α,β-unsaturated/α-hetero) is 1. The number of carboxylic acids is 1. The van der Waals surface area contributed by atoms with E-state index in [2.05, 4.69) is 4.98 Å². The minimum absolute atomic E-state index is 0.109. The second-order valence-electron chi connectivity index (χ2n) is 7.14. The first kappa shape index (κ1) is 18.7. The van der Waals surface area contributed by atoms with Crippen LogP contribution in [-0.4, -0.2) is 38.2 Å². The second kappa shape index (κ2) is 6.73. The first-order valence-corrected chi connectivity index (χ1v) is 9.08. The highest BCUT2D eigenvalue weighted by Crippen LogP contribution is 2.42. The van der Waals surface area contributed by atoms with Crippen LogP contribution in [0.3, 0.4) is 0 Å². The molecule has 4 rings (SSSR count). The Kier molecular flexibility index (Phi) is 4.34. The van der Waals surface area contributed by atoms with Gasteiger partial charge in [-0.3, -0.25) is 9.36 Å². The third-order valence-electron chi connectivity index (χ3n) is 5.21. The fourth-order valence-electron chi connectivity index (χ4n) is 4.06. The molecule has 8 heteroatoms. The minimum Gasteiger partial charge on any atom is -0.478 e. The number of hydrogen-bond acceptors (Lipinski definition) is 5. The molecule has 3 unspecified atom stereocenters. The Morgan fingerprint density at radius 1 is 1.17 bits per heavy atom. The molecule has 3 aromatic rings. The molecule has 1 aliphatic rings. The lowest BCUT2D eigenvalue weighted by atomic mass is 9.89. The maximum Gasteiger partial charge on any atom is 0.347 e. The largest absolute Gasteiger partial charge is 0.478 e. The van der Waals surface area contributed by atoms with Gasteiger partial charge >= 0.3 is 11.7 Å². The Hall–Kier alpha value is -3.68. The SMILES string of the molecule is CC(=N)C(C(C)=O)c1ccc2[nH]c(=O)n3c2c1OC(C(=O)O)C3c1ccccc1. The lowest BCUT2D eigenvalue weighted by molar-refractivity contribution is -0.147. The number of H-pyrrole nitrogens is 1. The quantitative estimate of drug-likeness (QED) is 0.574. The molecule has 3 N–H and O–H groups in total. The zero-order valence-corrected chi connectivity index (χ0v) is 15.8. The number of aromatic amines is 1. The number of benzene rings is 2. The number of ketones is 1. The summed E-state index contributed by atoms with van der Waals surface area (Å²) in [6.07, 6.45) is -1.37. The average molecular weight is 393 g/mol.